The molecule has 1 fully saturated rings. The molecule has 0 spiro atoms. The number of rotatable bonds is 4. The van der Waals surface area contributed by atoms with Crippen LogP contribution in [0.3, 0.4) is 0 Å². The molecule has 3 nitrogen and oxygen atoms in total. The van der Waals surface area contributed by atoms with Crippen LogP contribution in [0.1, 0.15) is 35.9 Å². The van der Waals surface area contributed by atoms with Gasteiger partial charge in [-0.2, -0.15) is 0 Å². The number of thiophene rings is 1. The van der Waals surface area contributed by atoms with Gasteiger partial charge in [-0.1, -0.05) is 18.9 Å². The Balaban J connectivity index is 1.83. The predicted molar refractivity (Wildman–Crippen MR) is 80.5 cm³/mol. The van der Waals surface area contributed by atoms with Crippen LogP contribution in [0, 0.1) is 11.7 Å². The van der Waals surface area contributed by atoms with Crippen molar-refractivity contribution in [3.05, 3.63) is 28.9 Å². The molecule has 3 rings (SSSR count). The van der Waals surface area contributed by atoms with Crippen molar-refractivity contribution >= 4 is 33.0 Å². The molecule has 0 saturated heterocycles. The molecule has 1 aliphatic rings. The Morgan fingerprint density at radius 2 is 2.30 bits per heavy atom. The molecule has 0 bridgehead atoms. The van der Waals surface area contributed by atoms with Crippen LogP contribution >= 0.6 is 11.3 Å². The highest BCUT2D eigenvalue weighted by Crippen LogP contribution is 2.36. The fourth-order valence-corrected chi connectivity index (χ4v) is 3.54. The van der Waals surface area contributed by atoms with Gasteiger partial charge >= 0.3 is 0 Å². The summed E-state index contributed by atoms with van der Waals surface area (Å²) in [6.45, 7) is 2.00. The van der Waals surface area contributed by atoms with Crippen LogP contribution in [0.5, 0.6) is 0 Å². The first kappa shape index (κ1) is 13.4. The molecule has 3 N–H and O–H groups in total. The maximum absolute atomic E-state index is 13.8. The second-order valence-corrected chi connectivity index (χ2v) is 6.56. The summed E-state index contributed by atoms with van der Waals surface area (Å²) in [5.74, 6) is 0.181. The van der Waals surface area contributed by atoms with Crippen LogP contribution in [0.2, 0.25) is 0 Å². The number of benzene rings is 1. The minimum atomic E-state index is -0.374. The van der Waals surface area contributed by atoms with E-state index in [1.54, 1.807) is 12.1 Å². The van der Waals surface area contributed by atoms with Gasteiger partial charge in [0.25, 0.3) is 5.91 Å². The summed E-state index contributed by atoms with van der Waals surface area (Å²) in [6.07, 6.45) is 3.53. The van der Waals surface area contributed by atoms with Crippen LogP contribution in [-0.4, -0.2) is 11.9 Å². The van der Waals surface area contributed by atoms with Crippen molar-refractivity contribution in [1.82, 2.24) is 5.32 Å². The molecule has 0 radical (unpaired) electrons. The van der Waals surface area contributed by atoms with Crippen molar-refractivity contribution in [2.24, 2.45) is 5.92 Å². The summed E-state index contributed by atoms with van der Waals surface area (Å²) in [5, 5.41) is 3.32. The number of anilines is 1. The summed E-state index contributed by atoms with van der Waals surface area (Å²) in [6, 6.07) is 4.90. The number of nitrogen functional groups attached to an aromatic ring is 1. The zero-order valence-corrected chi connectivity index (χ0v) is 12.1. The lowest BCUT2D eigenvalue weighted by molar-refractivity contribution is 0.0942. The fourth-order valence-electron chi connectivity index (χ4n) is 2.50. The number of halogens is 1. The number of carbonyl (C=O) groups is 1. The third kappa shape index (κ3) is 2.50. The van der Waals surface area contributed by atoms with Crippen molar-refractivity contribution in [1.29, 1.82) is 0 Å². The first-order valence-corrected chi connectivity index (χ1v) is 7.65. The molecule has 20 heavy (non-hydrogen) atoms. The van der Waals surface area contributed by atoms with E-state index in [0.717, 1.165) is 12.3 Å². The van der Waals surface area contributed by atoms with Gasteiger partial charge in [-0.3, -0.25) is 4.79 Å². The molecule has 1 atom stereocenters. The van der Waals surface area contributed by atoms with E-state index in [1.165, 1.54) is 30.2 Å². The van der Waals surface area contributed by atoms with Gasteiger partial charge in [0.2, 0.25) is 0 Å². The van der Waals surface area contributed by atoms with Crippen LogP contribution in [0.4, 0.5) is 10.1 Å². The Morgan fingerprint density at radius 1 is 1.55 bits per heavy atom. The zero-order valence-electron chi connectivity index (χ0n) is 11.3. The molecule has 106 valence electrons. The molecule has 1 aromatic carbocycles. The number of nitrogens with one attached hydrogen (secondary N) is 1. The van der Waals surface area contributed by atoms with Gasteiger partial charge < -0.3 is 11.1 Å². The normalized spacial score (nSPS) is 16.3. The van der Waals surface area contributed by atoms with Gasteiger partial charge in [0.15, 0.2) is 0 Å². The van der Waals surface area contributed by atoms with E-state index in [9.17, 15) is 9.18 Å². The van der Waals surface area contributed by atoms with Gasteiger partial charge in [0, 0.05) is 10.7 Å². The molecule has 1 heterocycles. The number of fused-ring (bicyclic) bond motifs is 1. The number of hydrogen-bond acceptors (Lipinski definition) is 3. The lowest BCUT2D eigenvalue weighted by Crippen LogP contribution is -2.32. The summed E-state index contributed by atoms with van der Waals surface area (Å²) in [5.41, 5.74) is 6.19. The Kier molecular flexibility index (Phi) is 3.38. The molecular formula is C15H17FN2OS. The number of carbonyl (C=O) groups excluding carboxylic acids is 1. The Morgan fingerprint density at radius 3 is 2.95 bits per heavy atom. The SMILES string of the molecule is CC(CC1CC1)NC(=O)c1sc2cccc(F)c2c1N. The lowest BCUT2D eigenvalue weighted by atomic mass is 10.1. The lowest BCUT2D eigenvalue weighted by Gasteiger charge is -2.12. The van der Waals surface area contributed by atoms with E-state index < -0.39 is 0 Å². The second-order valence-electron chi connectivity index (χ2n) is 5.51. The van der Waals surface area contributed by atoms with Gasteiger partial charge in [-0.05, 0) is 31.4 Å². The molecule has 1 saturated carbocycles. The first-order valence-electron chi connectivity index (χ1n) is 6.83. The minimum absolute atomic E-state index is 0.129. The van der Waals surface area contributed by atoms with Crippen LogP contribution < -0.4 is 11.1 Å². The third-order valence-electron chi connectivity index (χ3n) is 3.67. The van der Waals surface area contributed by atoms with E-state index >= 15 is 0 Å². The van der Waals surface area contributed by atoms with Crippen molar-refractivity contribution in [3.63, 3.8) is 0 Å². The van der Waals surface area contributed by atoms with Gasteiger partial charge in [0.1, 0.15) is 10.7 Å². The first-order chi connectivity index (χ1) is 9.56. The molecule has 5 heteroatoms. The highest BCUT2D eigenvalue weighted by Gasteiger charge is 2.25. The summed E-state index contributed by atoms with van der Waals surface area (Å²) in [7, 11) is 0. The van der Waals surface area contributed by atoms with E-state index in [2.05, 4.69) is 5.32 Å². The van der Waals surface area contributed by atoms with Crippen molar-refractivity contribution in [2.75, 3.05) is 5.73 Å². The van der Waals surface area contributed by atoms with Crippen LogP contribution in [0.25, 0.3) is 10.1 Å². The van der Waals surface area contributed by atoms with E-state index in [4.69, 9.17) is 5.73 Å². The number of hydrogen-bond donors (Lipinski definition) is 2. The van der Waals surface area contributed by atoms with E-state index in [0.29, 0.717) is 15.0 Å². The fraction of sp³-hybridized carbons (Fsp3) is 0.400. The van der Waals surface area contributed by atoms with Crippen molar-refractivity contribution in [3.8, 4) is 0 Å². The standard InChI is InChI=1S/C15H17FN2OS/c1-8(7-9-5-6-9)18-15(19)14-13(17)12-10(16)3-2-4-11(12)20-14/h2-4,8-9H,5-7,17H2,1H3,(H,18,19). The summed E-state index contributed by atoms with van der Waals surface area (Å²) < 4.78 is 14.5. The molecule has 1 aromatic heterocycles. The number of nitrogens with two attached hydrogens (primary N) is 1. The summed E-state index contributed by atoms with van der Waals surface area (Å²) in [4.78, 5) is 12.7. The predicted octanol–water partition coefficient (Wildman–Crippen LogP) is 3.54. The van der Waals surface area contributed by atoms with E-state index in [1.807, 2.05) is 6.92 Å². The monoisotopic (exact) mass is 292 g/mol. The molecular weight excluding hydrogens is 275 g/mol. The maximum Gasteiger partial charge on any atom is 0.263 e. The Hall–Kier alpha value is -1.62. The average Bonchev–Trinajstić information content (AvgIpc) is 3.12. The molecule has 2 aromatic rings. The smallest absolute Gasteiger partial charge is 0.263 e. The van der Waals surface area contributed by atoms with Gasteiger partial charge in [-0.15, -0.1) is 11.3 Å². The van der Waals surface area contributed by atoms with Crippen molar-refractivity contribution < 1.29 is 9.18 Å². The molecule has 1 aliphatic carbocycles. The Labute approximate surface area is 121 Å². The molecule has 1 unspecified atom stereocenters. The summed E-state index contributed by atoms with van der Waals surface area (Å²) >= 11 is 1.25. The maximum atomic E-state index is 13.8. The largest absolute Gasteiger partial charge is 0.397 e. The zero-order chi connectivity index (χ0) is 14.3. The number of amides is 1. The highest BCUT2D eigenvalue weighted by atomic mass is 32.1. The van der Waals surface area contributed by atoms with E-state index in [-0.39, 0.29) is 23.5 Å². The second kappa shape index (κ2) is 5.05. The van der Waals surface area contributed by atoms with Gasteiger partial charge in [0.05, 0.1) is 11.1 Å². The van der Waals surface area contributed by atoms with Crippen molar-refractivity contribution in [2.45, 2.75) is 32.2 Å². The average molecular weight is 292 g/mol. The van der Waals surface area contributed by atoms with Crippen LogP contribution in [0.15, 0.2) is 18.2 Å². The quantitative estimate of drug-likeness (QED) is 0.905. The van der Waals surface area contributed by atoms with Gasteiger partial charge in [-0.25, -0.2) is 4.39 Å². The molecule has 0 aliphatic heterocycles. The third-order valence-corrected chi connectivity index (χ3v) is 4.84. The Bertz CT molecular complexity index is 663. The molecule has 1 amide bonds. The minimum Gasteiger partial charge on any atom is -0.397 e. The van der Waals surface area contributed by atoms with Crippen LogP contribution in [-0.2, 0) is 0 Å². The highest BCUT2D eigenvalue weighted by molar-refractivity contribution is 7.21. The topological polar surface area (TPSA) is 55.1 Å².